The molecule has 3 aromatic rings. The predicted molar refractivity (Wildman–Crippen MR) is 102 cm³/mol. The Labute approximate surface area is 157 Å². The van der Waals surface area contributed by atoms with Gasteiger partial charge in [-0.15, -0.1) is 5.10 Å². The van der Waals surface area contributed by atoms with Crippen LogP contribution in [0.1, 0.15) is 22.3 Å². The highest BCUT2D eigenvalue weighted by Crippen LogP contribution is 2.21. The van der Waals surface area contributed by atoms with E-state index in [0.717, 1.165) is 16.7 Å². The summed E-state index contributed by atoms with van der Waals surface area (Å²) in [6.07, 6.45) is 1.49. The average molecular weight is 391 g/mol. The summed E-state index contributed by atoms with van der Waals surface area (Å²) in [7, 11) is -3.75. The van der Waals surface area contributed by atoms with Crippen molar-refractivity contribution in [1.29, 1.82) is 0 Å². The van der Waals surface area contributed by atoms with Crippen molar-refractivity contribution in [3.05, 3.63) is 70.0 Å². The van der Waals surface area contributed by atoms with Gasteiger partial charge < -0.3 is 0 Å². The van der Waals surface area contributed by atoms with Crippen LogP contribution in [0.15, 0.2) is 47.6 Å². The van der Waals surface area contributed by atoms with Crippen molar-refractivity contribution in [3.63, 3.8) is 0 Å². The Kier molecular flexibility index (Phi) is 5.02. The molecule has 0 aliphatic rings. The smallest absolute Gasteiger partial charge is 0.246 e. The molecule has 1 N–H and O–H groups in total. The molecular weight excluding hydrogens is 372 g/mol. The molecule has 0 saturated carbocycles. The molecule has 0 aliphatic carbocycles. The molecule has 6 nitrogen and oxygen atoms in total. The Bertz CT molecular complexity index is 1040. The van der Waals surface area contributed by atoms with Gasteiger partial charge in [-0.05, 0) is 61.2 Å². The van der Waals surface area contributed by atoms with Crippen molar-refractivity contribution < 1.29 is 8.42 Å². The minimum absolute atomic E-state index is 0.0385. The second-order valence-corrected chi connectivity index (χ2v) is 8.29. The van der Waals surface area contributed by atoms with Gasteiger partial charge >= 0.3 is 0 Å². The number of rotatable bonds is 5. The van der Waals surface area contributed by atoms with Gasteiger partial charge in [-0.2, -0.15) is 4.98 Å². The molecule has 1 heterocycles. The third-order valence-corrected chi connectivity index (χ3v) is 5.82. The zero-order valence-corrected chi connectivity index (χ0v) is 16.3. The van der Waals surface area contributed by atoms with Crippen LogP contribution in [0.25, 0.3) is 0 Å². The quantitative estimate of drug-likeness (QED) is 0.720. The maximum Gasteiger partial charge on any atom is 0.264 e. The summed E-state index contributed by atoms with van der Waals surface area (Å²) in [4.78, 5) is 4.28. The molecule has 0 unspecified atom stereocenters. The first kappa shape index (κ1) is 18.4. The number of aryl methyl sites for hydroxylation is 3. The zero-order valence-electron chi connectivity index (χ0n) is 14.7. The van der Waals surface area contributed by atoms with Gasteiger partial charge in [-0.3, -0.25) is 0 Å². The molecule has 2 aromatic carbocycles. The lowest BCUT2D eigenvalue weighted by Gasteiger charge is -2.10. The summed E-state index contributed by atoms with van der Waals surface area (Å²) in [5, 5.41) is 4.85. The Hall–Kier alpha value is -2.38. The maximum atomic E-state index is 12.7. The molecular formula is C18H19ClN4O2S. The minimum Gasteiger partial charge on any atom is -0.246 e. The first-order valence-corrected chi connectivity index (χ1v) is 9.85. The maximum absolute atomic E-state index is 12.7. The molecule has 8 heteroatoms. The number of anilines is 1. The lowest BCUT2D eigenvalue weighted by Crippen LogP contribution is -2.16. The molecule has 0 bridgehead atoms. The Morgan fingerprint density at radius 3 is 2.38 bits per heavy atom. The first-order valence-electron chi connectivity index (χ1n) is 7.99. The number of benzene rings is 2. The number of sulfonamides is 1. The fraction of sp³-hybridized carbons (Fsp3) is 0.222. The number of hydrogen-bond acceptors (Lipinski definition) is 4. The molecule has 3 rings (SSSR count). The van der Waals surface area contributed by atoms with E-state index in [9.17, 15) is 8.42 Å². The highest BCUT2D eigenvalue weighted by molar-refractivity contribution is 7.92. The first-order chi connectivity index (χ1) is 12.2. The predicted octanol–water partition coefficient (Wildman–Crippen LogP) is 3.71. The Morgan fingerprint density at radius 2 is 1.69 bits per heavy atom. The van der Waals surface area contributed by atoms with Crippen LogP contribution >= 0.6 is 11.6 Å². The normalized spacial score (nSPS) is 11.5. The fourth-order valence-electron chi connectivity index (χ4n) is 2.59. The van der Waals surface area contributed by atoms with E-state index in [-0.39, 0.29) is 10.8 Å². The van der Waals surface area contributed by atoms with E-state index in [4.69, 9.17) is 11.6 Å². The molecule has 0 saturated heterocycles. The topological polar surface area (TPSA) is 76.9 Å². The van der Waals surface area contributed by atoms with Crippen molar-refractivity contribution in [1.82, 2.24) is 14.8 Å². The Balaban J connectivity index is 1.80. The van der Waals surface area contributed by atoms with Crippen molar-refractivity contribution in [2.75, 3.05) is 4.72 Å². The van der Waals surface area contributed by atoms with Crippen LogP contribution in [-0.2, 0) is 16.6 Å². The van der Waals surface area contributed by atoms with Crippen LogP contribution in [0.3, 0.4) is 0 Å². The number of aromatic nitrogens is 3. The van der Waals surface area contributed by atoms with Crippen molar-refractivity contribution in [2.24, 2.45) is 0 Å². The standard InChI is InChI=1S/C18H19ClN4O2S/c1-12-8-14(3)17(9-13(12)2)26(24,25)22-18-20-11-23(21-18)10-15-4-6-16(19)7-5-15/h4-9,11H,10H2,1-3H3,(H,21,22). The molecule has 1 aromatic heterocycles. The summed E-state index contributed by atoms with van der Waals surface area (Å²) in [5.74, 6) is 0.0385. The molecule has 0 radical (unpaired) electrons. The van der Waals surface area contributed by atoms with Crippen molar-refractivity contribution >= 4 is 27.6 Å². The van der Waals surface area contributed by atoms with Gasteiger partial charge in [-0.25, -0.2) is 17.8 Å². The van der Waals surface area contributed by atoms with Crippen LogP contribution < -0.4 is 4.72 Å². The van der Waals surface area contributed by atoms with Crippen molar-refractivity contribution in [3.8, 4) is 0 Å². The van der Waals surface area contributed by atoms with E-state index < -0.39 is 10.0 Å². The third kappa shape index (κ3) is 4.05. The van der Waals surface area contributed by atoms with Crippen LogP contribution in [0.5, 0.6) is 0 Å². The third-order valence-electron chi connectivity index (χ3n) is 4.10. The zero-order chi connectivity index (χ0) is 18.9. The number of nitrogens with zero attached hydrogens (tertiary/aromatic N) is 3. The van der Waals surface area contributed by atoms with Gasteiger partial charge in [0.2, 0.25) is 0 Å². The molecule has 0 aliphatic heterocycles. The molecule has 0 atom stereocenters. The highest BCUT2D eigenvalue weighted by atomic mass is 35.5. The van der Waals surface area contributed by atoms with E-state index in [2.05, 4.69) is 14.8 Å². The molecule has 0 amide bonds. The second-order valence-electron chi connectivity index (χ2n) is 6.20. The van der Waals surface area contributed by atoms with Gasteiger partial charge in [0.25, 0.3) is 16.0 Å². The van der Waals surface area contributed by atoms with E-state index in [0.29, 0.717) is 17.1 Å². The van der Waals surface area contributed by atoms with Crippen LogP contribution in [0, 0.1) is 20.8 Å². The molecule has 0 fully saturated rings. The van der Waals surface area contributed by atoms with Gasteiger partial charge in [-0.1, -0.05) is 29.8 Å². The lowest BCUT2D eigenvalue weighted by molar-refractivity contribution is 0.600. The molecule has 136 valence electrons. The van der Waals surface area contributed by atoms with Gasteiger partial charge in [0.1, 0.15) is 6.33 Å². The van der Waals surface area contributed by atoms with Gasteiger partial charge in [0, 0.05) is 5.02 Å². The fourth-order valence-corrected chi connectivity index (χ4v) is 3.98. The lowest BCUT2D eigenvalue weighted by atomic mass is 10.1. The van der Waals surface area contributed by atoms with Crippen LogP contribution in [0.4, 0.5) is 5.95 Å². The number of hydrogen-bond donors (Lipinski definition) is 1. The molecule has 0 spiro atoms. The number of halogens is 1. The summed E-state index contributed by atoms with van der Waals surface area (Å²) >= 11 is 5.87. The monoisotopic (exact) mass is 390 g/mol. The number of nitrogens with one attached hydrogen (secondary N) is 1. The summed E-state index contributed by atoms with van der Waals surface area (Å²) in [5.41, 5.74) is 3.63. The van der Waals surface area contributed by atoms with E-state index in [1.807, 2.05) is 32.0 Å². The Morgan fingerprint density at radius 1 is 1.04 bits per heavy atom. The van der Waals surface area contributed by atoms with E-state index in [1.165, 1.54) is 6.33 Å². The largest absolute Gasteiger partial charge is 0.264 e. The van der Waals surface area contributed by atoms with Crippen molar-refractivity contribution in [2.45, 2.75) is 32.2 Å². The van der Waals surface area contributed by atoms with Gasteiger partial charge in [0.15, 0.2) is 0 Å². The highest BCUT2D eigenvalue weighted by Gasteiger charge is 2.19. The van der Waals surface area contributed by atoms with Gasteiger partial charge in [0.05, 0.1) is 11.4 Å². The van der Waals surface area contributed by atoms with E-state index >= 15 is 0 Å². The average Bonchev–Trinajstić information content (AvgIpc) is 2.99. The van der Waals surface area contributed by atoms with Crippen LogP contribution in [-0.4, -0.2) is 23.2 Å². The summed E-state index contributed by atoms with van der Waals surface area (Å²) in [6, 6.07) is 10.9. The summed E-state index contributed by atoms with van der Waals surface area (Å²) in [6.45, 7) is 6.07. The second kappa shape index (κ2) is 7.09. The van der Waals surface area contributed by atoms with Crippen LogP contribution in [0.2, 0.25) is 5.02 Å². The minimum atomic E-state index is -3.75. The van der Waals surface area contributed by atoms with E-state index in [1.54, 1.807) is 29.8 Å². The SMILES string of the molecule is Cc1cc(C)c(S(=O)(=O)Nc2ncn(Cc3ccc(Cl)cc3)n2)cc1C. The molecule has 26 heavy (non-hydrogen) atoms. The summed E-state index contributed by atoms with van der Waals surface area (Å²) < 4.78 is 29.4.